The zero-order chi connectivity index (χ0) is 13.7. The lowest BCUT2D eigenvalue weighted by Crippen LogP contribution is -2.31. The van der Waals surface area contributed by atoms with E-state index >= 15 is 0 Å². The topological polar surface area (TPSA) is 15.3 Å². The normalized spacial score (nSPS) is 12.6. The van der Waals surface area contributed by atoms with E-state index in [2.05, 4.69) is 11.9 Å². The van der Waals surface area contributed by atoms with Gasteiger partial charge in [-0.1, -0.05) is 12.1 Å². The summed E-state index contributed by atoms with van der Waals surface area (Å²) in [6.45, 7) is 10.5. The second-order valence-electron chi connectivity index (χ2n) is 4.76. The predicted molar refractivity (Wildman–Crippen MR) is 76.6 cm³/mol. The highest BCUT2D eigenvalue weighted by atomic mass is 19.1. The Kier molecular flexibility index (Phi) is 5.35. The Morgan fingerprint density at radius 1 is 1.39 bits per heavy atom. The fourth-order valence-corrected chi connectivity index (χ4v) is 1.92. The molecule has 2 nitrogen and oxygen atoms in total. The average Bonchev–Trinajstić information content (AvgIpc) is 2.35. The summed E-state index contributed by atoms with van der Waals surface area (Å²) in [5.74, 6) is -0.176. The zero-order valence-corrected chi connectivity index (χ0v) is 11.7. The molecular formula is C15H23FN2. The van der Waals surface area contributed by atoms with Crippen LogP contribution in [0.4, 0.5) is 10.1 Å². The van der Waals surface area contributed by atoms with Crippen LogP contribution in [-0.2, 0) is 0 Å². The predicted octanol–water partition coefficient (Wildman–Crippen LogP) is 3.51. The van der Waals surface area contributed by atoms with Crippen molar-refractivity contribution in [1.82, 2.24) is 5.32 Å². The van der Waals surface area contributed by atoms with Crippen LogP contribution in [0, 0.1) is 5.82 Å². The van der Waals surface area contributed by atoms with Crippen LogP contribution in [0.3, 0.4) is 0 Å². The van der Waals surface area contributed by atoms with Crippen LogP contribution in [0.1, 0.15) is 32.4 Å². The first-order valence-corrected chi connectivity index (χ1v) is 6.35. The van der Waals surface area contributed by atoms with Gasteiger partial charge in [0.15, 0.2) is 0 Å². The van der Waals surface area contributed by atoms with Crippen molar-refractivity contribution in [2.24, 2.45) is 0 Å². The fourth-order valence-electron chi connectivity index (χ4n) is 1.92. The molecule has 3 heteroatoms. The quantitative estimate of drug-likeness (QED) is 0.777. The second kappa shape index (κ2) is 6.55. The van der Waals surface area contributed by atoms with Crippen LogP contribution in [0.25, 0.3) is 0 Å². The Morgan fingerprint density at radius 3 is 2.50 bits per heavy atom. The fraction of sp³-hybridized carbons (Fsp3) is 0.467. The molecule has 0 saturated carbocycles. The lowest BCUT2D eigenvalue weighted by molar-refractivity contribution is 0.595. The van der Waals surface area contributed by atoms with E-state index in [-0.39, 0.29) is 17.9 Å². The summed E-state index contributed by atoms with van der Waals surface area (Å²) in [6.07, 6.45) is 1.80. The lowest BCUT2D eigenvalue weighted by Gasteiger charge is -2.28. The van der Waals surface area contributed by atoms with E-state index in [1.54, 1.807) is 12.1 Å². The van der Waals surface area contributed by atoms with Gasteiger partial charge in [0.05, 0.1) is 5.69 Å². The first-order chi connectivity index (χ1) is 8.51. The first kappa shape index (κ1) is 14.7. The van der Waals surface area contributed by atoms with Gasteiger partial charge in [-0.05, 0) is 45.5 Å². The number of hydrogen-bond donors (Lipinski definition) is 1. The molecule has 1 aromatic carbocycles. The molecule has 0 aliphatic rings. The molecule has 18 heavy (non-hydrogen) atoms. The number of nitrogens with zero attached hydrogens (tertiary/aromatic N) is 1. The van der Waals surface area contributed by atoms with Crippen molar-refractivity contribution in [2.45, 2.75) is 32.9 Å². The van der Waals surface area contributed by atoms with Crippen molar-refractivity contribution in [3.8, 4) is 0 Å². The Labute approximate surface area is 110 Å². The Hall–Kier alpha value is -1.35. The highest BCUT2D eigenvalue weighted by Crippen LogP contribution is 2.24. The summed E-state index contributed by atoms with van der Waals surface area (Å²) < 4.78 is 14.2. The molecule has 1 unspecified atom stereocenters. The van der Waals surface area contributed by atoms with E-state index in [4.69, 9.17) is 0 Å². The monoisotopic (exact) mass is 250 g/mol. The van der Waals surface area contributed by atoms with E-state index in [9.17, 15) is 4.39 Å². The van der Waals surface area contributed by atoms with Gasteiger partial charge in [0.1, 0.15) is 5.82 Å². The molecule has 0 saturated heterocycles. The molecular weight excluding hydrogens is 227 g/mol. The van der Waals surface area contributed by atoms with E-state index in [0.29, 0.717) is 12.2 Å². The van der Waals surface area contributed by atoms with Gasteiger partial charge in [-0.2, -0.15) is 0 Å². The molecule has 1 rings (SSSR count). The maximum Gasteiger partial charge on any atom is 0.146 e. The van der Waals surface area contributed by atoms with Crippen LogP contribution in [0.2, 0.25) is 0 Å². The first-order valence-electron chi connectivity index (χ1n) is 6.35. The van der Waals surface area contributed by atoms with Crippen molar-refractivity contribution in [3.63, 3.8) is 0 Å². The van der Waals surface area contributed by atoms with Crippen LogP contribution < -0.4 is 10.2 Å². The minimum Gasteiger partial charge on any atom is -0.363 e. The van der Waals surface area contributed by atoms with E-state index < -0.39 is 0 Å². The molecule has 0 amide bonds. The summed E-state index contributed by atoms with van der Waals surface area (Å²) in [5.41, 5.74) is 1.60. The number of hydrogen-bond acceptors (Lipinski definition) is 2. The van der Waals surface area contributed by atoms with Gasteiger partial charge in [-0.3, -0.25) is 0 Å². The van der Waals surface area contributed by atoms with Gasteiger partial charge >= 0.3 is 0 Å². The Balaban J connectivity index is 3.06. The van der Waals surface area contributed by atoms with Crippen LogP contribution in [0.15, 0.2) is 30.9 Å². The molecule has 0 aliphatic carbocycles. The molecule has 1 N–H and O–H groups in total. The molecule has 0 aromatic heterocycles. The number of rotatable bonds is 6. The van der Waals surface area contributed by atoms with Crippen molar-refractivity contribution in [3.05, 3.63) is 42.2 Å². The molecule has 0 fully saturated rings. The standard InChI is InChI=1S/C15H23FN2/c1-6-9-18(11(2)3)15-8-7-13(10-14(15)16)12(4)17-5/h6-8,10-12,17H,1,9H2,2-5H3. The Morgan fingerprint density at radius 2 is 2.06 bits per heavy atom. The van der Waals surface area contributed by atoms with Gasteiger partial charge in [0.25, 0.3) is 0 Å². The molecule has 0 spiro atoms. The molecule has 1 aromatic rings. The molecule has 0 aliphatic heterocycles. The molecule has 1 atom stereocenters. The summed E-state index contributed by atoms with van der Waals surface area (Å²) in [7, 11) is 1.87. The summed E-state index contributed by atoms with van der Waals surface area (Å²) in [6, 6.07) is 5.82. The smallest absolute Gasteiger partial charge is 0.146 e. The van der Waals surface area contributed by atoms with Crippen molar-refractivity contribution < 1.29 is 4.39 Å². The third-order valence-corrected chi connectivity index (χ3v) is 3.16. The third-order valence-electron chi connectivity index (χ3n) is 3.16. The summed E-state index contributed by atoms with van der Waals surface area (Å²) in [5, 5.41) is 3.11. The maximum absolute atomic E-state index is 14.2. The van der Waals surface area contributed by atoms with Crippen LogP contribution >= 0.6 is 0 Å². The average molecular weight is 250 g/mol. The number of nitrogens with one attached hydrogen (secondary N) is 1. The summed E-state index contributed by atoms with van der Waals surface area (Å²) in [4.78, 5) is 2.00. The zero-order valence-electron chi connectivity index (χ0n) is 11.7. The highest BCUT2D eigenvalue weighted by Gasteiger charge is 2.15. The van der Waals surface area contributed by atoms with E-state index in [0.717, 1.165) is 5.56 Å². The number of benzene rings is 1. The Bertz CT molecular complexity index is 401. The van der Waals surface area contributed by atoms with Gasteiger partial charge in [-0.25, -0.2) is 4.39 Å². The van der Waals surface area contributed by atoms with Crippen LogP contribution in [-0.4, -0.2) is 19.6 Å². The van der Waals surface area contributed by atoms with Crippen LogP contribution in [0.5, 0.6) is 0 Å². The molecule has 0 heterocycles. The lowest BCUT2D eigenvalue weighted by atomic mass is 10.1. The highest BCUT2D eigenvalue weighted by molar-refractivity contribution is 5.50. The summed E-state index contributed by atoms with van der Waals surface area (Å²) >= 11 is 0. The van der Waals surface area contributed by atoms with Gasteiger partial charge in [-0.15, -0.1) is 6.58 Å². The van der Waals surface area contributed by atoms with Gasteiger partial charge in [0, 0.05) is 18.6 Å². The maximum atomic E-state index is 14.2. The largest absolute Gasteiger partial charge is 0.363 e. The third kappa shape index (κ3) is 3.33. The molecule has 100 valence electrons. The molecule has 0 radical (unpaired) electrons. The van der Waals surface area contributed by atoms with Gasteiger partial charge in [0.2, 0.25) is 0 Å². The number of halogens is 1. The molecule has 0 bridgehead atoms. The minimum atomic E-state index is -0.176. The van der Waals surface area contributed by atoms with Crippen molar-refractivity contribution in [2.75, 3.05) is 18.5 Å². The minimum absolute atomic E-state index is 0.153. The second-order valence-corrected chi connectivity index (χ2v) is 4.76. The van der Waals surface area contributed by atoms with E-state index in [1.807, 2.05) is 44.9 Å². The SMILES string of the molecule is C=CCN(c1ccc(C(C)NC)cc1F)C(C)C. The van der Waals surface area contributed by atoms with Crippen molar-refractivity contribution >= 4 is 5.69 Å². The van der Waals surface area contributed by atoms with Crippen molar-refractivity contribution in [1.29, 1.82) is 0 Å². The van der Waals surface area contributed by atoms with Gasteiger partial charge < -0.3 is 10.2 Å². The van der Waals surface area contributed by atoms with E-state index in [1.165, 1.54) is 0 Å². The number of anilines is 1.